The van der Waals surface area contributed by atoms with Crippen LogP contribution in [0.4, 0.5) is 5.69 Å². The highest BCUT2D eigenvalue weighted by Crippen LogP contribution is 2.26. The molecule has 0 radical (unpaired) electrons. The third kappa shape index (κ3) is 5.11. The molecule has 1 aromatic rings. The number of benzene rings is 1. The molecule has 0 fully saturated rings. The molecule has 6 heteroatoms. The van der Waals surface area contributed by atoms with E-state index in [1.165, 1.54) is 6.08 Å². The van der Waals surface area contributed by atoms with Crippen LogP contribution in [0, 0.1) is 5.92 Å². The number of nitrogens with zero attached hydrogens (tertiary/aromatic N) is 1. The van der Waals surface area contributed by atoms with Gasteiger partial charge in [-0.15, -0.1) is 0 Å². The minimum Gasteiger partial charge on any atom is -0.478 e. The first-order valence-corrected chi connectivity index (χ1v) is 6.86. The van der Waals surface area contributed by atoms with Crippen molar-refractivity contribution in [2.45, 2.75) is 6.92 Å². The Morgan fingerprint density at radius 3 is 2.71 bits per heavy atom. The van der Waals surface area contributed by atoms with Gasteiger partial charge in [0.25, 0.3) is 0 Å². The highest BCUT2D eigenvalue weighted by Gasteiger charge is 2.15. The smallest absolute Gasteiger partial charge is 0.328 e. The molecule has 2 N–H and O–H groups in total. The number of halogens is 1. The normalized spacial score (nSPS) is 12.2. The fourth-order valence-corrected chi connectivity index (χ4v) is 2.15. The number of carboxylic acid groups (broad SMARTS) is 1. The van der Waals surface area contributed by atoms with Gasteiger partial charge in [-0.1, -0.05) is 24.6 Å². The van der Waals surface area contributed by atoms with Crippen LogP contribution in [0.25, 0.3) is 6.08 Å². The van der Waals surface area contributed by atoms with Gasteiger partial charge in [0.15, 0.2) is 0 Å². The number of hydrogen-bond acceptors (Lipinski definition) is 3. The second-order valence-corrected chi connectivity index (χ2v) is 5.21. The number of nitrogens with one attached hydrogen (secondary N) is 1. The van der Waals surface area contributed by atoms with Crippen LogP contribution >= 0.6 is 11.6 Å². The first-order valence-electron chi connectivity index (χ1n) is 6.48. The summed E-state index contributed by atoms with van der Waals surface area (Å²) in [5.74, 6) is -1.26. The molecule has 0 aliphatic rings. The number of carbonyl (C=O) groups excluding carboxylic acids is 1. The molecule has 21 heavy (non-hydrogen) atoms. The Kier molecular flexibility index (Phi) is 6.24. The predicted octanol–water partition coefficient (Wildman–Crippen LogP) is 2.26. The fourth-order valence-electron chi connectivity index (χ4n) is 1.99. The van der Waals surface area contributed by atoms with Crippen molar-refractivity contribution in [3.8, 4) is 0 Å². The highest BCUT2D eigenvalue weighted by molar-refractivity contribution is 6.31. The highest BCUT2D eigenvalue weighted by atomic mass is 35.5. The number of carbonyl (C=O) groups is 2. The molecule has 0 saturated carbocycles. The lowest BCUT2D eigenvalue weighted by molar-refractivity contribution is -0.131. The quantitative estimate of drug-likeness (QED) is 0.791. The number of anilines is 1. The molecular weight excluding hydrogens is 292 g/mol. The van der Waals surface area contributed by atoms with Crippen LogP contribution in [0.3, 0.4) is 0 Å². The lowest BCUT2D eigenvalue weighted by Gasteiger charge is -2.24. The summed E-state index contributed by atoms with van der Waals surface area (Å²) >= 11 is 6.00. The van der Waals surface area contributed by atoms with Crippen LogP contribution in [-0.2, 0) is 9.59 Å². The molecule has 114 valence electrons. The van der Waals surface area contributed by atoms with E-state index in [0.717, 1.165) is 17.3 Å². The van der Waals surface area contributed by atoms with Gasteiger partial charge in [-0.05, 0) is 23.8 Å². The van der Waals surface area contributed by atoms with E-state index in [-0.39, 0.29) is 11.8 Å². The molecule has 1 atom stereocenters. The van der Waals surface area contributed by atoms with Crippen LogP contribution < -0.4 is 10.2 Å². The number of amides is 1. The maximum absolute atomic E-state index is 11.6. The van der Waals surface area contributed by atoms with E-state index in [0.29, 0.717) is 11.6 Å². The Morgan fingerprint density at radius 1 is 1.48 bits per heavy atom. The molecule has 1 aromatic carbocycles. The Hall–Kier alpha value is -2.01. The Morgan fingerprint density at radius 2 is 2.14 bits per heavy atom. The molecule has 0 aliphatic heterocycles. The summed E-state index contributed by atoms with van der Waals surface area (Å²) in [4.78, 5) is 24.1. The van der Waals surface area contributed by atoms with Gasteiger partial charge in [0, 0.05) is 37.4 Å². The standard InChI is InChI=1S/C15H19ClN2O3/c1-10(15(21)17-2)9-18(3)13-8-12(16)6-4-11(13)5-7-14(19)20/h4-8,10H,9H2,1-3H3,(H,17,21)(H,19,20)/b7-5+. The molecule has 0 saturated heterocycles. The van der Waals surface area contributed by atoms with Crippen LogP contribution in [-0.4, -0.2) is 37.6 Å². The zero-order valence-electron chi connectivity index (χ0n) is 12.3. The summed E-state index contributed by atoms with van der Waals surface area (Å²) in [6.45, 7) is 2.32. The zero-order chi connectivity index (χ0) is 16.0. The molecule has 0 aromatic heterocycles. The van der Waals surface area contributed by atoms with Crippen molar-refractivity contribution in [2.75, 3.05) is 25.5 Å². The molecule has 5 nitrogen and oxygen atoms in total. The average Bonchev–Trinajstić information content (AvgIpc) is 2.44. The molecule has 1 rings (SSSR count). The molecule has 0 bridgehead atoms. The topological polar surface area (TPSA) is 69.6 Å². The van der Waals surface area contributed by atoms with Crippen molar-refractivity contribution in [1.29, 1.82) is 0 Å². The van der Waals surface area contributed by atoms with Gasteiger partial charge in [-0.25, -0.2) is 4.79 Å². The van der Waals surface area contributed by atoms with Gasteiger partial charge in [0.1, 0.15) is 0 Å². The van der Waals surface area contributed by atoms with E-state index in [2.05, 4.69) is 5.32 Å². The van der Waals surface area contributed by atoms with Gasteiger partial charge in [-0.2, -0.15) is 0 Å². The SMILES string of the molecule is CNC(=O)C(C)CN(C)c1cc(Cl)ccc1/C=C/C(=O)O. The van der Waals surface area contributed by atoms with Crippen molar-refractivity contribution in [1.82, 2.24) is 5.32 Å². The second-order valence-electron chi connectivity index (χ2n) is 4.77. The van der Waals surface area contributed by atoms with E-state index < -0.39 is 5.97 Å². The maximum atomic E-state index is 11.6. The number of carboxylic acids is 1. The largest absolute Gasteiger partial charge is 0.478 e. The van der Waals surface area contributed by atoms with Crippen molar-refractivity contribution >= 4 is 35.2 Å². The third-order valence-electron chi connectivity index (χ3n) is 3.05. The van der Waals surface area contributed by atoms with E-state index in [1.807, 2.05) is 18.9 Å². The number of hydrogen-bond donors (Lipinski definition) is 2. The van der Waals surface area contributed by atoms with Gasteiger partial charge < -0.3 is 15.3 Å². The average molecular weight is 311 g/mol. The van der Waals surface area contributed by atoms with Crippen molar-refractivity contribution in [3.63, 3.8) is 0 Å². The number of rotatable bonds is 6. The summed E-state index contributed by atoms with van der Waals surface area (Å²) in [6.07, 6.45) is 2.58. The van der Waals surface area contributed by atoms with Crippen molar-refractivity contribution in [3.05, 3.63) is 34.9 Å². The first kappa shape index (κ1) is 17.0. The van der Waals surface area contributed by atoms with Gasteiger partial charge in [-0.3, -0.25) is 4.79 Å². The van der Waals surface area contributed by atoms with E-state index in [9.17, 15) is 9.59 Å². The van der Waals surface area contributed by atoms with Gasteiger partial charge in [0.2, 0.25) is 5.91 Å². The zero-order valence-corrected chi connectivity index (χ0v) is 13.0. The minimum atomic E-state index is -1.02. The summed E-state index contributed by atoms with van der Waals surface area (Å²) < 4.78 is 0. The molecule has 0 aliphatic carbocycles. The minimum absolute atomic E-state index is 0.0495. The van der Waals surface area contributed by atoms with Crippen molar-refractivity contribution in [2.24, 2.45) is 5.92 Å². The second kappa shape index (κ2) is 7.69. The summed E-state index contributed by atoms with van der Waals surface area (Å²) in [6, 6.07) is 5.19. The van der Waals surface area contributed by atoms with Gasteiger partial charge >= 0.3 is 5.97 Å². The lowest BCUT2D eigenvalue weighted by Crippen LogP contribution is -2.34. The number of aliphatic carboxylic acids is 1. The van der Waals surface area contributed by atoms with Crippen LogP contribution in [0.2, 0.25) is 5.02 Å². The predicted molar refractivity (Wildman–Crippen MR) is 84.6 cm³/mol. The van der Waals surface area contributed by atoms with Gasteiger partial charge in [0.05, 0.1) is 5.92 Å². The summed E-state index contributed by atoms with van der Waals surface area (Å²) in [7, 11) is 3.43. The third-order valence-corrected chi connectivity index (χ3v) is 3.29. The Labute approximate surface area is 129 Å². The Balaban J connectivity index is 3.01. The maximum Gasteiger partial charge on any atom is 0.328 e. The van der Waals surface area contributed by atoms with E-state index >= 15 is 0 Å². The molecule has 0 heterocycles. The first-order chi connectivity index (χ1) is 9.85. The lowest BCUT2D eigenvalue weighted by atomic mass is 10.1. The van der Waals surface area contributed by atoms with Crippen LogP contribution in [0.5, 0.6) is 0 Å². The van der Waals surface area contributed by atoms with Crippen LogP contribution in [0.15, 0.2) is 24.3 Å². The molecule has 1 amide bonds. The monoisotopic (exact) mass is 310 g/mol. The van der Waals surface area contributed by atoms with Crippen molar-refractivity contribution < 1.29 is 14.7 Å². The Bertz CT molecular complexity index is 558. The fraction of sp³-hybridized carbons (Fsp3) is 0.333. The molecule has 1 unspecified atom stereocenters. The van der Waals surface area contributed by atoms with E-state index in [4.69, 9.17) is 16.7 Å². The molecule has 0 spiro atoms. The van der Waals surface area contributed by atoms with E-state index in [1.54, 1.807) is 25.2 Å². The summed E-state index contributed by atoms with van der Waals surface area (Å²) in [5.41, 5.74) is 1.50. The van der Waals surface area contributed by atoms with Crippen LogP contribution in [0.1, 0.15) is 12.5 Å². The summed E-state index contributed by atoms with van der Waals surface area (Å²) in [5, 5.41) is 11.9. The molecular formula is C15H19ClN2O3.